The molecule has 0 aliphatic carbocycles. The summed E-state index contributed by atoms with van der Waals surface area (Å²) in [7, 11) is 0. The van der Waals surface area contributed by atoms with E-state index >= 15 is 0 Å². The fraction of sp³-hybridized carbons (Fsp3) is 0.500. The third-order valence-corrected chi connectivity index (χ3v) is 2.47. The van der Waals surface area contributed by atoms with Crippen molar-refractivity contribution in [2.45, 2.75) is 32.3 Å². The summed E-state index contributed by atoms with van der Waals surface area (Å²) in [5, 5.41) is 18.0. The van der Waals surface area contributed by atoms with E-state index in [1.54, 1.807) is 0 Å². The van der Waals surface area contributed by atoms with Crippen LogP contribution in [0.4, 0.5) is 0 Å². The Morgan fingerprint density at radius 3 is 2.47 bits per heavy atom. The minimum atomic E-state index is -0.643. The molecule has 84 valence electrons. The van der Waals surface area contributed by atoms with Gasteiger partial charge in [-0.3, -0.25) is 0 Å². The normalized spacial score (nSPS) is 12.7. The molecule has 1 rings (SSSR count). The first-order valence-electron chi connectivity index (χ1n) is 5.41. The lowest BCUT2D eigenvalue weighted by atomic mass is 10.0. The number of nitrogens with one attached hydrogen (secondary N) is 1. The van der Waals surface area contributed by atoms with Crippen LogP contribution in [0.2, 0.25) is 0 Å². The van der Waals surface area contributed by atoms with Gasteiger partial charge in [-0.25, -0.2) is 5.48 Å². The molecule has 15 heavy (non-hydrogen) atoms. The molecule has 0 fully saturated rings. The Labute approximate surface area is 90.7 Å². The molecule has 1 aromatic carbocycles. The Morgan fingerprint density at radius 2 is 1.93 bits per heavy atom. The zero-order chi connectivity index (χ0) is 11.1. The smallest absolute Gasteiger partial charge is 0.0937 e. The van der Waals surface area contributed by atoms with E-state index in [1.807, 2.05) is 29.7 Å². The first kappa shape index (κ1) is 12.2. The van der Waals surface area contributed by atoms with Crippen LogP contribution in [0, 0.1) is 0 Å². The summed E-state index contributed by atoms with van der Waals surface area (Å²) in [5.41, 5.74) is 4.09. The summed E-state index contributed by atoms with van der Waals surface area (Å²) in [5.74, 6) is 0. The molecule has 1 unspecified atom stereocenters. The summed E-state index contributed by atoms with van der Waals surface area (Å²) in [4.78, 5) is 0. The van der Waals surface area contributed by atoms with E-state index < -0.39 is 6.10 Å². The molecule has 0 saturated heterocycles. The Morgan fingerprint density at radius 1 is 1.27 bits per heavy atom. The summed E-state index contributed by atoms with van der Waals surface area (Å²) >= 11 is 0. The lowest BCUT2D eigenvalue weighted by molar-refractivity contribution is 0.0921. The zero-order valence-electron chi connectivity index (χ0n) is 9.11. The van der Waals surface area contributed by atoms with Crippen molar-refractivity contribution >= 4 is 0 Å². The fourth-order valence-electron chi connectivity index (χ4n) is 1.49. The van der Waals surface area contributed by atoms with Gasteiger partial charge in [-0.2, -0.15) is 0 Å². The molecular formula is C12H19NO2. The molecule has 0 spiro atoms. The summed E-state index contributed by atoms with van der Waals surface area (Å²) in [6.45, 7) is 2.33. The molecule has 0 saturated carbocycles. The number of rotatable bonds is 6. The Balaban J connectivity index is 2.55. The molecule has 3 N–H and O–H groups in total. The van der Waals surface area contributed by atoms with Crippen LogP contribution in [0.25, 0.3) is 0 Å². The van der Waals surface area contributed by atoms with Crippen molar-refractivity contribution in [3.63, 3.8) is 0 Å². The number of unbranched alkanes of at least 4 members (excludes halogenated alkanes) is 1. The van der Waals surface area contributed by atoms with E-state index in [9.17, 15) is 5.11 Å². The average Bonchev–Trinajstić information content (AvgIpc) is 2.27. The molecule has 0 aliphatic heterocycles. The lowest BCUT2D eigenvalue weighted by Gasteiger charge is -2.10. The van der Waals surface area contributed by atoms with Crippen LogP contribution in [0.15, 0.2) is 24.3 Å². The number of hydroxylamine groups is 1. The van der Waals surface area contributed by atoms with Crippen molar-refractivity contribution in [2.24, 2.45) is 0 Å². The van der Waals surface area contributed by atoms with E-state index in [0.717, 1.165) is 12.0 Å². The van der Waals surface area contributed by atoms with E-state index in [-0.39, 0.29) is 6.54 Å². The second kappa shape index (κ2) is 6.56. The second-order valence-electron chi connectivity index (χ2n) is 3.72. The SMILES string of the molecule is CCCCc1ccc(C(O)CNO)cc1. The van der Waals surface area contributed by atoms with Gasteiger partial charge in [-0.05, 0) is 24.0 Å². The largest absolute Gasteiger partial charge is 0.387 e. The Bertz CT molecular complexity index is 271. The summed E-state index contributed by atoms with van der Waals surface area (Å²) < 4.78 is 0. The highest BCUT2D eigenvalue weighted by Crippen LogP contribution is 2.14. The van der Waals surface area contributed by atoms with Crippen molar-refractivity contribution in [1.29, 1.82) is 0 Å². The second-order valence-corrected chi connectivity index (χ2v) is 3.72. The highest BCUT2D eigenvalue weighted by atomic mass is 16.5. The topological polar surface area (TPSA) is 52.5 Å². The van der Waals surface area contributed by atoms with E-state index in [4.69, 9.17) is 5.21 Å². The Kier molecular flexibility index (Phi) is 5.32. The third kappa shape index (κ3) is 4.00. The minimum Gasteiger partial charge on any atom is -0.387 e. The summed E-state index contributed by atoms with van der Waals surface area (Å²) in [6, 6.07) is 7.89. The van der Waals surface area contributed by atoms with Crippen LogP contribution in [-0.2, 0) is 6.42 Å². The van der Waals surface area contributed by atoms with Gasteiger partial charge < -0.3 is 10.3 Å². The predicted molar refractivity (Wildman–Crippen MR) is 59.8 cm³/mol. The molecule has 0 aliphatic rings. The van der Waals surface area contributed by atoms with Gasteiger partial charge in [0, 0.05) is 0 Å². The van der Waals surface area contributed by atoms with Crippen molar-refractivity contribution in [3.8, 4) is 0 Å². The molecule has 0 bridgehead atoms. The Hall–Kier alpha value is -0.900. The average molecular weight is 209 g/mol. The van der Waals surface area contributed by atoms with Crippen LogP contribution >= 0.6 is 0 Å². The predicted octanol–water partition coefficient (Wildman–Crippen LogP) is 2.04. The molecule has 0 radical (unpaired) electrons. The number of benzene rings is 1. The lowest BCUT2D eigenvalue weighted by Crippen LogP contribution is -2.17. The van der Waals surface area contributed by atoms with Gasteiger partial charge in [0.05, 0.1) is 12.6 Å². The maximum Gasteiger partial charge on any atom is 0.0937 e. The minimum absolute atomic E-state index is 0.161. The number of hydrogen-bond donors (Lipinski definition) is 3. The van der Waals surface area contributed by atoms with Crippen molar-refractivity contribution in [2.75, 3.05) is 6.54 Å². The monoisotopic (exact) mass is 209 g/mol. The van der Waals surface area contributed by atoms with Gasteiger partial charge in [0.1, 0.15) is 0 Å². The highest BCUT2D eigenvalue weighted by molar-refractivity contribution is 5.24. The maximum atomic E-state index is 9.56. The van der Waals surface area contributed by atoms with E-state index in [0.29, 0.717) is 0 Å². The quantitative estimate of drug-likeness (QED) is 0.628. The van der Waals surface area contributed by atoms with Crippen molar-refractivity contribution < 1.29 is 10.3 Å². The molecule has 0 aromatic heterocycles. The zero-order valence-corrected chi connectivity index (χ0v) is 9.11. The first-order chi connectivity index (χ1) is 7.27. The van der Waals surface area contributed by atoms with Gasteiger partial charge in [-0.15, -0.1) is 0 Å². The van der Waals surface area contributed by atoms with Gasteiger partial charge in [0.2, 0.25) is 0 Å². The maximum absolute atomic E-state index is 9.56. The van der Waals surface area contributed by atoms with Crippen LogP contribution in [-0.4, -0.2) is 16.9 Å². The van der Waals surface area contributed by atoms with Crippen LogP contribution in [0.1, 0.15) is 37.0 Å². The third-order valence-electron chi connectivity index (χ3n) is 2.47. The summed E-state index contributed by atoms with van der Waals surface area (Å²) in [6.07, 6.45) is 2.83. The fourth-order valence-corrected chi connectivity index (χ4v) is 1.49. The van der Waals surface area contributed by atoms with E-state index in [1.165, 1.54) is 18.4 Å². The molecule has 1 atom stereocenters. The molecule has 3 heteroatoms. The molecular weight excluding hydrogens is 190 g/mol. The van der Waals surface area contributed by atoms with Gasteiger partial charge in [-0.1, -0.05) is 37.6 Å². The van der Waals surface area contributed by atoms with Crippen LogP contribution in [0.3, 0.4) is 0 Å². The highest BCUT2D eigenvalue weighted by Gasteiger charge is 2.05. The molecule has 0 amide bonds. The van der Waals surface area contributed by atoms with Gasteiger partial charge in [0.15, 0.2) is 0 Å². The van der Waals surface area contributed by atoms with E-state index in [2.05, 4.69) is 6.92 Å². The molecule has 3 nitrogen and oxygen atoms in total. The van der Waals surface area contributed by atoms with Crippen LogP contribution < -0.4 is 5.48 Å². The standard InChI is InChI=1S/C12H19NO2/c1-2-3-4-10-5-7-11(8-6-10)12(14)9-13-15/h5-8,12-15H,2-4,9H2,1H3. The first-order valence-corrected chi connectivity index (χ1v) is 5.41. The number of aliphatic hydroxyl groups is 1. The van der Waals surface area contributed by atoms with Crippen LogP contribution in [0.5, 0.6) is 0 Å². The van der Waals surface area contributed by atoms with Gasteiger partial charge >= 0.3 is 0 Å². The van der Waals surface area contributed by atoms with Crippen molar-refractivity contribution in [1.82, 2.24) is 5.48 Å². The number of hydrogen-bond acceptors (Lipinski definition) is 3. The van der Waals surface area contributed by atoms with Gasteiger partial charge in [0.25, 0.3) is 0 Å². The number of aryl methyl sites for hydroxylation is 1. The molecule has 0 heterocycles. The number of aliphatic hydroxyl groups excluding tert-OH is 1. The molecule has 1 aromatic rings. The van der Waals surface area contributed by atoms with Crippen molar-refractivity contribution in [3.05, 3.63) is 35.4 Å².